The van der Waals surface area contributed by atoms with Crippen molar-refractivity contribution >= 4 is 0 Å². The van der Waals surface area contributed by atoms with Gasteiger partial charge in [0.05, 0.1) is 0 Å². The molecule has 0 heterocycles. The van der Waals surface area contributed by atoms with Crippen LogP contribution >= 0.6 is 0 Å². The largest absolute Gasteiger partial charge is 0.385 e. The van der Waals surface area contributed by atoms with Crippen molar-refractivity contribution in [2.24, 2.45) is 0 Å². The van der Waals surface area contributed by atoms with Gasteiger partial charge >= 0.3 is 0 Å². The van der Waals surface area contributed by atoms with Crippen molar-refractivity contribution in [2.45, 2.75) is 51.1 Å². The topological polar surface area (TPSA) is 21.3 Å². The predicted octanol–water partition coefficient (Wildman–Crippen LogP) is 1.94. The number of ether oxygens (including phenoxy) is 1. The third kappa shape index (κ3) is 2.76. The first-order chi connectivity index (χ1) is 5.66. The van der Waals surface area contributed by atoms with Gasteiger partial charge in [-0.3, -0.25) is 0 Å². The summed E-state index contributed by atoms with van der Waals surface area (Å²) in [7, 11) is 1.76. The minimum Gasteiger partial charge on any atom is -0.385 e. The number of rotatable bonds is 5. The van der Waals surface area contributed by atoms with Gasteiger partial charge in [-0.05, 0) is 39.5 Å². The molecule has 0 saturated heterocycles. The van der Waals surface area contributed by atoms with Crippen LogP contribution in [0.1, 0.15) is 39.5 Å². The van der Waals surface area contributed by atoms with Crippen LogP contribution in [0.4, 0.5) is 0 Å². The number of methoxy groups -OCH3 is 1. The lowest BCUT2D eigenvalue weighted by Crippen LogP contribution is -2.52. The molecule has 1 fully saturated rings. The van der Waals surface area contributed by atoms with Gasteiger partial charge in [0.1, 0.15) is 0 Å². The first-order valence-electron chi connectivity index (χ1n) is 4.93. The molecule has 0 amide bonds. The Morgan fingerprint density at radius 1 is 1.50 bits per heavy atom. The van der Waals surface area contributed by atoms with Gasteiger partial charge in [-0.25, -0.2) is 0 Å². The van der Waals surface area contributed by atoms with Crippen molar-refractivity contribution in [3.63, 3.8) is 0 Å². The second-order valence-electron chi connectivity index (χ2n) is 4.24. The molecule has 0 aliphatic heterocycles. The Balaban J connectivity index is 2.12. The fourth-order valence-corrected chi connectivity index (χ4v) is 1.81. The lowest BCUT2D eigenvalue weighted by molar-refractivity contribution is 0.151. The molecule has 1 N–H and O–H groups in total. The summed E-state index contributed by atoms with van der Waals surface area (Å²) in [5, 5.41) is 3.65. The molecule has 1 saturated carbocycles. The minimum atomic E-state index is 0.438. The van der Waals surface area contributed by atoms with E-state index in [0.29, 0.717) is 11.6 Å². The van der Waals surface area contributed by atoms with Gasteiger partial charge < -0.3 is 10.1 Å². The van der Waals surface area contributed by atoms with Crippen LogP contribution < -0.4 is 5.32 Å². The Hall–Kier alpha value is -0.0800. The molecule has 1 atom stereocenters. The van der Waals surface area contributed by atoms with Gasteiger partial charge in [-0.1, -0.05) is 0 Å². The highest BCUT2D eigenvalue weighted by Crippen LogP contribution is 2.31. The van der Waals surface area contributed by atoms with Gasteiger partial charge in [0.2, 0.25) is 0 Å². The van der Waals surface area contributed by atoms with Gasteiger partial charge in [0.15, 0.2) is 0 Å². The summed E-state index contributed by atoms with van der Waals surface area (Å²) < 4.78 is 5.04. The Bertz CT molecular complexity index is 132. The number of nitrogens with one attached hydrogen (secondary N) is 1. The van der Waals surface area contributed by atoms with Crippen molar-refractivity contribution < 1.29 is 4.74 Å². The summed E-state index contributed by atoms with van der Waals surface area (Å²) in [6.07, 6.45) is 5.18. The van der Waals surface area contributed by atoms with Gasteiger partial charge in [-0.15, -0.1) is 0 Å². The summed E-state index contributed by atoms with van der Waals surface area (Å²) in [5.74, 6) is 0. The molecule has 1 unspecified atom stereocenters. The molecule has 1 rings (SSSR count). The second kappa shape index (κ2) is 4.24. The fraction of sp³-hybridized carbons (Fsp3) is 1.00. The molecule has 0 aromatic rings. The maximum atomic E-state index is 5.04. The van der Waals surface area contributed by atoms with Crippen molar-refractivity contribution in [3.8, 4) is 0 Å². The lowest BCUT2D eigenvalue weighted by atomic mass is 9.78. The van der Waals surface area contributed by atoms with Crippen LogP contribution in [0.15, 0.2) is 0 Å². The van der Waals surface area contributed by atoms with E-state index in [1.54, 1.807) is 7.11 Å². The van der Waals surface area contributed by atoms with Crippen LogP contribution in [0.2, 0.25) is 0 Å². The average molecular weight is 171 g/mol. The van der Waals surface area contributed by atoms with E-state index >= 15 is 0 Å². The van der Waals surface area contributed by atoms with Crippen molar-refractivity contribution in [3.05, 3.63) is 0 Å². The first kappa shape index (κ1) is 10.0. The zero-order chi connectivity index (χ0) is 9.03. The molecule has 72 valence electrons. The normalized spacial score (nSPS) is 23.2. The first-order valence-corrected chi connectivity index (χ1v) is 4.93. The molecule has 0 aromatic carbocycles. The van der Waals surface area contributed by atoms with E-state index in [2.05, 4.69) is 19.2 Å². The van der Waals surface area contributed by atoms with Crippen LogP contribution in [0.25, 0.3) is 0 Å². The highest BCUT2D eigenvalue weighted by Gasteiger charge is 2.32. The number of hydrogen-bond donors (Lipinski definition) is 1. The maximum absolute atomic E-state index is 5.04. The molecule has 0 aromatic heterocycles. The summed E-state index contributed by atoms with van der Waals surface area (Å²) in [6, 6.07) is 0.593. The zero-order valence-electron chi connectivity index (χ0n) is 8.52. The Morgan fingerprint density at radius 2 is 2.17 bits per heavy atom. The molecular weight excluding hydrogens is 150 g/mol. The second-order valence-corrected chi connectivity index (χ2v) is 4.24. The van der Waals surface area contributed by atoms with Crippen LogP contribution in [-0.2, 0) is 4.74 Å². The van der Waals surface area contributed by atoms with Crippen LogP contribution in [0, 0.1) is 0 Å². The monoisotopic (exact) mass is 171 g/mol. The van der Waals surface area contributed by atoms with Gasteiger partial charge in [0, 0.05) is 25.3 Å². The summed E-state index contributed by atoms with van der Waals surface area (Å²) in [5.41, 5.74) is 0.438. The molecule has 0 spiro atoms. The SMILES string of the molecule is COCCC(C)NC1(C)CCC1. The van der Waals surface area contributed by atoms with E-state index < -0.39 is 0 Å². The Morgan fingerprint density at radius 3 is 2.58 bits per heavy atom. The van der Waals surface area contributed by atoms with E-state index in [1.807, 2.05) is 0 Å². The quantitative estimate of drug-likeness (QED) is 0.682. The summed E-state index contributed by atoms with van der Waals surface area (Å²) in [4.78, 5) is 0. The molecule has 2 heteroatoms. The lowest BCUT2D eigenvalue weighted by Gasteiger charge is -2.41. The van der Waals surface area contributed by atoms with E-state index in [0.717, 1.165) is 13.0 Å². The van der Waals surface area contributed by atoms with Crippen LogP contribution in [-0.4, -0.2) is 25.3 Å². The van der Waals surface area contributed by atoms with Crippen molar-refractivity contribution in [1.29, 1.82) is 0 Å². The molecule has 0 radical (unpaired) electrons. The molecule has 0 bridgehead atoms. The molecular formula is C10H21NO. The third-order valence-electron chi connectivity index (χ3n) is 2.81. The summed E-state index contributed by atoms with van der Waals surface area (Å²) >= 11 is 0. The smallest absolute Gasteiger partial charge is 0.0476 e. The molecule has 1 aliphatic carbocycles. The minimum absolute atomic E-state index is 0.438. The molecule has 1 aliphatic rings. The Kier molecular flexibility index (Phi) is 3.53. The highest BCUT2D eigenvalue weighted by molar-refractivity contribution is 4.92. The van der Waals surface area contributed by atoms with Crippen molar-refractivity contribution in [1.82, 2.24) is 5.32 Å². The van der Waals surface area contributed by atoms with E-state index in [1.165, 1.54) is 19.3 Å². The molecule has 12 heavy (non-hydrogen) atoms. The molecule has 2 nitrogen and oxygen atoms in total. The summed E-state index contributed by atoms with van der Waals surface area (Å²) in [6.45, 7) is 5.42. The maximum Gasteiger partial charge on any atom is 0.0476 e. The van der Waals surface area contributed by atoms with E-state index in [-0.39, 0.29) is 0 Å². The van der Waals surface area contributed by atoms with Crippen LogP contribution in [0.3, 0.4) is 0 Å². The third-order valence-corrected chi connectivity index (χ3v) is 2.81. The van der Waals surface area contributed by atoms with Gasteiger partial charge in [-0.2, -0.15) is 0 Å². The predicted molar refractivity (Wildman–Crippen MR) is 51.3 cm³/mol. The fourth-order valence-electron chi connectivity index (χ4n) is 1.81. The van der Waals surface area contributed by atoms with E-state index in [9.17, 15) is 0 Å². The number of hydrogen-bond acceptors (Lipinski definition) is 2. The average Bonchev–Trinajstić information content (AvgIpc) is 1.98. The standard InChI is InChI=1S/C10H21NO/c1-9(5-8-12-3)11-10(2)6-4-7-10/h9,11H,4-8H2,1-3H3. The van der Waals surface area contributed by atoms with Crippen molar-refractivity contribution in [2.75, 3.05) is 13.7 Å². The van der Waals surface area contributed by atoms with Crippen LogP contribution in [0.5, 0.6) is 0 Å². The Labute approximate surface area is 75.7 Å². The van der Waals surface area contributed by atoms with E-state index in [4.69, 9.17) is 4.74 Å². The zero-order valence-corrected chi connectivity index (χ0v) is 8.52. The van der Waals surface area contributed by atoms with Gasteiger partial charge in [0.25, 0.3) is 0 Å². The highest BCUT2D eigenvalue weighted by atomic mass is 16.5.